The van der Waals surface area contributed by atoms with Crippen LogP contribution in [-0.2, 0) is 4.79 Å². The van der Waals surface area contributed by atoms with E-state index in [1.807, 2.05) is 19.1 Å². The lowest BCUT2D eigenvalue weighted by Crippen LogP contribution is -2.25. The number of benzene rings is 1. The van der Waals surface area contributed by atoms with E-state index in [1.54, 1.807) is 24.4 Å². The Labute approximate surface area is 127 Å². The third kappa shape index (κ3) is 4.24. The van der Waals surface area contributed by atoms with E-state index in [9.17, 15) is 14.9 Å². The van der Waals surface area contributed by atoms with Crippen molar-refractivity contribution >= 4 is 17.7 Å². The van der Waals surface area contributed by atoms with Gasteiger partial charge in [-0.05, 0) is 30.7 Å². The molecule has 1 aromatic carbocycles. The summed E-state index contributed by atoms with van der Waals surface area (Å²) >= 11 is 0. The Morgan fingerprint density at radius 3 is 2.82 bits per heavy atom. The fourth-order valence-corrected chi connectivity index (χ4v) is 1.88. The molecule has 2 rings (SSSR count). The quantitative estimate of drug-likeness (QED) is 0.522. The van der Waals surface area contributed by atoms with E-state index >= 15 is 0 Å². The molecular weight excluding hydrogens is 282 g/mol. The van der Waals surface area contributed by atoms with Crippen molar-refractivity contribution in [2.24, 2.45) is 0 Å². The fourth-order valence-electron chi connectivity index (χ4n) is 1.88. The summed E-state index contributed by atoms with van der Waals surface area (Å²) in [5, 5.41) is 13.5. The van der Waals surface area contributed by atoms with Crippen LogP contribution in [0.1, 0.15) is 24.2 Å². The van der Waals surface area contributed by atoms with Crippen LogP contribution in [0.4, 0.5) is 5.69 Å². The number of nitrogens with zero attached hydrogens (tertiary/aromatic N) is 2. The topological polar surface area (TPSA) is 85.1 Å². The fraction of sp³-hybridized carbons (Fsp3) is 0.125. The summed E-state index contributed by atoms with van der Waals surface area (Å²) in [4.78, 5) is 26.2. The number of nitrogens with one attached hydrogen (secondary N) is 1. The monoisotopic (exact) mass is 297 g/mol. The third-order valence-electron chi connectivity index (χ3n) is 3.00. The average molecular weight is 297 g/mol. The number of hydrogen-bond donors (Lipinski definition) is 1. The molecule has 0 aliphatic heterocycles. The van der Waals surface area contributed by atoms with Gasteiger partial charge in [0.15, 0.2) is 0 Å². The Kier molecular flexibility index (Phi) is 4.98. The van der Waals surface area contributed by atoms with Crippen molar-refractivity contribution in [1.82, 2.24) is 10.3 Å². The number of hydrogen-bond acceptors (Lipinski definition) is 4. The first-order valence-electron chi connectivity index (χ1n) is 6.70. The van der Waals surface area contributed by atoms with Gasteiger partial charge in [-0.3, -0.25) is 19.9 Å². The highest BCUT2D eigenvalue weighted by Crippen LogP contribution is 2.14. The highest BCUT2D eigenvalue weighted by molar-refractivity contribution is 5.92. The number of rotatable bonds is 5. The number of nitro groups is 1. The van der Waals surface area contributed by atoms with Gasteiger partial charge in [0.2, 0.25) is 5.91 Å². The summed E-state index contributed by atoms with van der Waals surface area (Å²) in [6.45, 7) is 1.83. The second-order valence-corrected chi connectivity index (χ2v) is 4.67. The van der Waals surface area contributed by atoms with Crippen LogP contribution in [0.3, 0.4) is 0 Å². The molecule has 1 heterocycles. The summed E-state index contributed by atoms with van der Waals surface area (Å²) in [6, 6.07) is 11.3. The third-order valence-corrected chi connectivity index (χ3v) is 3.00. The largest absolute Gasteiger partial charge is 0.344 e. The van der Waals surface area contributed by atoms with Crippen LogP contribution in [0.5, 0.6) is 0 Å². The lowest BCUT2D eigenvalue weighted by Gasteiger charge is -2.11. The van der Waals surface area contributed by atoms with Gasteiger partial charge < -0.3 is 5.32 Å². The zero-order chi connectivity index (χ0) is 15.9. The molecular formula is C16H15N3O3. The summed E-state index contributed by atoms with van der Waals surface area (Å²) < 4.78 is 0. The van der Waals surface area contributed by atoms with Crippen LogP contribution in [0, 0.1) is 10.1 Å². The first-order valence-corrected chi connectivity index (χ1v) is 6.70. The summed E-state index contributed by atoms with van der Waals surface area (Å²) in [5.41, 5.74) is 1.35. The molecule has 0 aliphatic rings. The Morgan fingerprint density at radius 2 is 2.14 bits per heavy atom. The van der Waals surface area contributed by atoms with Gasteiger partial charge >= 0.3 is 0 Å². The van der Waals surface area contributed by atoms with E-state index in [1.165, 1.54) is 24.3 Å². The van der Waals surface area contributed by atoms with Gasteiger partial charge in [0.05, 0.1) is 16.7 Å². The van der Waals surface area contributed by atoms with Crippen LogP contribution in [0.25, 0.3) is 6.08 Å². The second kappa shape index (κ2) is 7.12. The normalized spacial score (nSPS) is 12.0. The van der Waals surface area contributed by atoms with Crippen LogP contribution in [0.2, 0.25) is 0 Å². The molecule has 1 aromatic heterocycles. The summed E-state index contributed by atoms with van der Waals surface area (Å²) in [7, 11) is 0. The molecule has 2 aromatic rings. The van der Waals surface area contributed by atoms with Gasteiger partial charge in [-0.25, -0.2) is 0 Å². The Hall–Kier alpha value is -3.02. The highest BCUT2D eigenvalue weighted by Gasteiger charge is 2.08. The van der Waals surface area contributed by atoms with Crippen LogP contribution in [-0.4, -0.2) is 15.8 Å². The number of non-ortho nitro benzene ring substituents is 1. The van der Waals surface area contributed by atoms with E-state index < -0.39 is 4.92 Å². The van der Waals surface area contributed by atoms with Crippen molar-refractivity contribution < 1.29 is 9.72 Å². The number of amides is 1. The van der Waals surface area contributed by atoms with Crippen molar-refractivity contribution in [1.29, 1.82) is 0 Å². The zero-order valence-corrected chi connectivity index (χ0v) is 12.0. The van der Waals surface area contributed by atoms with E-state index in [2.05, 4.69) is 10.3 Å². The first kappa shape index (κ1) is 15.4. The van der Waals surface area contributed by atoms with Gasteiger partial charge in [-0.15, -0.1) is 0 Å². The maximum atomic E-state index is 11.9. The highest BCUT2D eigenvalue weighted by atomic mass is 16.6. The van der Waals surface area contributed by atoms with E-state index in [0.717, 1.165) is 5.69 Å². The van der Waals surface area contributed by atoms with Crippen molar-refractivity contribution in [3.63, 3.8) is 0 Å². The predicted molar refractivity (Wildman–Crippen MR) is 82.9 cm³/mol. The van der Waals surface area contributed by atoms with Crippen molar-refractivity contribution in [2.45, 2.75) is 13.0 Å². The van der Waals surface area contributed by atoms with Gasteiger partial charge in [0.25, 0.3) is 5.69 Å². The molecule has 1 N–H and O–H groups in total. The van der Waals surface area contributed by atoms with Gasteiger partial charge in [0, 0.05) is 24.4 Å². The minimum absolute atomic E-state index is 0.00980. The lowest BCUT2D eigenvalue weighted by molar-refractivity contribution is -0.384. The molecule has 22 heavy (non-hydrogen) atoms. The summed E-state index contributed by atoms with van der Waals surface area (Å²) in [6.07, 6.45) is 4.54. The van der Waals surface area contributed by atoms with Gasteiger partial charge in [-0.2, -0.15) is 0 Å². The number of carbonyl (C=O) groups excluding carboxylic acids is 1. The Bertz CT molecular complexity index is 699. The number of pyridine rings is 1. The number of aromatic nitrogens is 1. The maximum Gasteiger partial charge on any atom is 0.270 e. The standard InChI is InChI=1S/C16H15N3O3/c1-12(15-7-2-3-10-17-15)18-16(20)9-8-13-5-4-6-14(11-13)19(21)22/h2-12H,1H3,(H,18,20). The van der Waals surface area contributed by atoms with E-state index in [4.69, 9.17) is 0 Å². The molecule has 1 amide bonds. The first-order chi connectivity index (χ1) is 10.6. The van der Waals surface area contributed by atoms with Crippen molar-refractivity contribution in [3.8, 4) is 0 Å². The van der Waals surface area contributed by atoms with Gasteiger partial charge in [0.1, 0.15) is 0 Å². The number of carbonyl (C=O) groups is 1. The average Bonchev–Trinajstić information content (AvgIpc) is 2.54. The summed E-state index contributed by atoms with van der Waals surface area (Å²) in [5.74, 6) is -0.287. The smallest absolute Gasteiger partial charge is 0.270 e. The molecule has 0 saturated carbocycles. The van der Waals surface area contributed by atoms with E-state index in [0.29, 0.717) is 5.56 Å². The van der Waals surface area contributed by atoms with Crippen LogP contribution < -0.4 is 5.32 Å². The second-order valence-electron chi connectivity index (χ2n) is 4.67. The molecule has 6 heteroatoms. The predicted octanol–water partition coefficient (Wildman–Crippen LogP) is 2.88. The van der Waals surface area contributed by atoms with Crippen molar-refractivity contribution in [2.75, 3.05) is 0 Å². The molecule has 0 fully saturated rings. The van der Waals surface area contributed by atoms with Crippen LogP contribution in [0.15, 0.2) is 54.7 Å². The zero-order valence-electron chi connectivity index (χ0n) is 12.0. The van der Waals surface area contributed by atoms with Gasteiger partial charge in [-0.1, -0.05) is 18.2 Å². The molecule has 6 nitrogen and oxygen atoms in total. The molecule has 0 aliphatic carbocycles. The maximum absolute atomic E-state index is 11.9. The molecule has 1 atom stereocenters. The molecule has 112 valence electrons. The molecule has 0 spiro atoms. The SMILES string of the molecule is CC(NC(=O)C=Cc1cccc([N+](=O)[O-])c1)c1ccccn1. The lowest BCUT2D eigenvalue weighted by atomic mass is 10.2. The molecule has 0 bridgehead atoms. The van der Waals surface area contributed by atoms with E-state index in [-0.39, 0.29) is 17.6 Å². The number of nitro benzene ring substituents is 1. The Morgan fingerprint density at radius 1 is 1.32 bits per heavy atom. The Balaban J connectivity index is 2.00. The molecule has 1 unspecified atom stereocenters. The molecule has 0 saturated heterocycles. The van der Waals surface area contributed by atoms with Crippen LogP contribution >= 0.6 is 0 Å². The minimum Gasteiger partial charge on any atom is -0.344 e. The van der Waals surface area contributed by atoms with Crippen molar-refractivity contribution in [3.05, 3.63) is 76.1 Å². The molecule has 0 radical (unpaired) electrons. The minimum atomic E-state index is -0.472.